The Hall–Kier alpha value is -5.32. The third kappa shape index (κ3) is 13.3. The van der Waals surface area contributed by atoms with Crippen LogP contribution in [0.5, 0.6) is 23.0 Å². The number of hydrogen-bond acceptors (Lipinski definition) is 10. The van der Waals surface area contributed by atoms with E-state index in [1.807, 2.05) is 17.4 Å². The summed E-state index contributed by atoms with van der Waals surface area (Å²) >= 11 is 5.25. The molecule has 6 aromatic rings. The number of carbonyl (C=O) groups is 1. The van der Waals surface area contributed by atoms with E-state index in [-0.39, 0.29) is 5.57 Å². The first-order valence-corrected chi connectivity index (χ1v) is 32.9. The number of nitriles is 1. The number of ether oxygens (including phenoxy) is 4. The van der Waals surface area contributed by atoms with Crippen LogP contribution in [0.4, 0.5) is 17.1 Å². The standard InChI is InChI=1S/C63H78N2O6S3Si/c1-7-12-16-18-36-75(37-19-17-13-8-2)55-39-53(38-47(41-64)63(66)67)72-61(55)62-56(75)40-54(73-62)60-58-57(68-34-35-69-58)59(74-60)46-22-24-48(25-23-46)65(49-26-30-51(31-27-49)70-42-44(6)20-14-9-3)50-28-32-52(33-29-50)71-43-45(11-5)21-15-10-4/h22-33,38-40,44-45H,7-21,34-37,42-43H2,1-6H3,(H,66,67)/b47-38+. The predicted molar refractivity (Wildman–Crippen MR) is 319 cm³/mol. The summed E-state index contributed by atoms with van der Waals surface area (Å²) in [6.45, 7) is 16.0. The van der Waals surface area contributed by atoms with Gasteiger partial charge in [0.05, 0.1) is 23.0 Å². The van der Waals surface area contributed by atoms with Gasteiger partial charge in [-0.3, -0.25) is 0 Å². The Bertz CT molecular complexity index is 2850. The molecule has 2 unspecified atom stereocenters. The smallest absolute Gasteiger partial charge is 0.346 e. The van der Waals surface area contributed by atoms with E-state index in [0.29, 0.717) is 31.7 Å². The molecule has 0 fully saturated rings. The molecule has 0 saturated carbocycles. The van der Waals surface area contributed by atoms with E-state index in [1.165, 1.54) is 127 Å². The molecular formula is C63H78N2O6S3Si. The van der Waals surface area contributed by atoms with Crippen molar-refractivity contribution in [3.05, 3.63) is 95.4 Å². The second kappa shape index (κ2) is 27.1. The van der Waals surface area contributed by atoms with Crippen molar-refractivity contribution in [1.29, 1.82) is 5.26 Å². The fourth-order valence-corrected chi connectivity index (χ4v) is 21.4. The molecule has 8 rings (SSSR count). The van der Waals surface area contributed by atoms with Crippen LogP contribution in [-0.4, -0.2) is 45.6 Å². The number of aliphatic carboxylic acids is 1. The van der Waals surface area contributed by atoms with Crippen molar-refractivity contribution in [2.45, 2.75) is 150 Å². The molecule has 2 aliphatic heterocycles. The largest absolute Gasteiger partial charge is 0.493 e. The van der Waals surface area contributed by atoms with Crippen LogP contribution >= 0.6 is 34.0 Å². The van der Waals surface area contributed by atoms with Crippen molar-refractivity contribution in [1.82, 2.24) is 0 Å². The Morgan fingerprint density at radius 2 is 1.20 bits per heavy atom. The van der Waals surface area contributed by atoms with Crippen LogP contribution in [0, 0.1) is 23.2 Å². The number of anilines is 3. The third-order valence-corrected chi connectivity index (χ3v) is 24.5. The Balaban J connectivity index is 1.14. The van der Waals surface area contributed by atoms with Gasteiger partial charge in [-0.05, 0) is 132 Å². The molecular weight excluding hydrogens is 1000 g/mol. The fraction of sp³-hybridized carbons (Fsp3) is 0.460. The number of thiophene rings is 3. The first kappa shape index (κ1) is 55.9. The molecule has 2 aliphatic rings. The van der Waals surface area contributed by atoms with E-state index in [4.69, 9.17) is 18.9 Å². The highest BCUT2D eigenvalue weighted by molar-refractivity contribution is 7.32. The summed E-state index contributed by atoms with van der Waals surface area (Å²) in [6.07, 6.45) is 19.5. The summed E-state index contributed by atoms with van der Waals surface area (Å²) in [5.41, 5.74) is 3.94. The normalized spacial score (nSPS) is 14.2. The summed E-state index contributed by atoms with van der Waals surface area (Å²) in [5.74, 6) is 3.26. The van der Waals surface area contributed by atoms with E-state index in [0.717, 1.165) is 73.3 Å². The Labute approximate surface area is 460 Å². The van der Waals surface area contributed by atoms with Crippen molar-refractivity contribution in [3.8, 4) is 59.0 Å². The molecule has 3 aromatic heterocycles. The average molecular weight is 1080 g/mol. The van der Waals surface area contributed by atoms with Crippen LogP contribution < -0.4 is 34.2 Å². The SMILES string of the molecule is CCCCCC[Si]1(CCCCCC)c2cc(/C=C(\C#N)C(=O)O)sc2-c2sc(-c3sc(-c4ccc(N(c5ccc(OCC(C)CCCC)cc5)c5ccc(OCC(CC)CCCC)cc5)cc4)c4c3OCCO4)cc21. The lowest BCUT2D eigenvalue weighted by Crippen LogP contribution is -2.54. The zero-order valence-corrected chi connectivity index (χ0v) is 48.7. The van der Waals surface area contributed by atoms with Crippen LogP contribution in [-0.2, 0) is 4.79 Å². The van der Waals surface area contributed by atoms with Crippen molar-refractivity contribution < 1.29 is 28.8 Å². The monoisotopic (exact) mass is 1080 g/mol. The number of benzene rings is 3. The van der Waals surface area contributed by atoms with Gasteiger partial charge in [0.25, 0.3) is 0 Å². The number of rotatable bonds is 30. The zero-order chi connectivity index (χ0) is 52.7. The Morgan fingerprint density at radius 3 is 1.76 bits per heavy atom. The molecule has 3 aromatic carbocycles. The van der Waals surface area contributed by atoms with Gasteiger partial charge in [0, 0.05) is 36.6 Å². The first-order chi connectivity index (χ1) is 36.6. The number of hydrogen-bond donors (Lipinski definition) is 1. The van der Waals surface area contributed by atoms with Crippen LogP contribution in [0.15, 0.2) is 90.5 Å². The molecule has 5 heterocycles. The van der Waals surface area contributed by atoms with Gasteiger partial charge >= 0.3 is 5.97 Å². The van der Waals surface area contributed by atoms with E-state index >= 15 is 0 Å². The number of nitrogens with zero attached hydrogens (tertiary/aromatic N) is 2. The highest BCUT2D eigenvalue weighted by Crippen LogP contribution is 2.56. The van der Waals surface area contributed by atoms with Gasteiger partial charge in [0.15, 0.2) is 11.5 Å². The molecule has 75 heavy (non-hydrogen) atoms. The molecule has 0 bridgehead atoms. The summed E-state index contributed by atoms with van der Waals surface area (Å²) in [7, 11) is -2.28. The zero-order valence-electron chi connectivity index (χ0n) is 45.3. The maximum atomic E-state index is 12.0. The van der Waals surface area contributed by atoms with Gasteiger partial charge in [0.2, 0.25) is 0 Å². The molecule has 0 spiro atoms. The van der Waals surface area contributed by atoms with Gasteiger partial charge in [-0.15, -0.1) is 34.0 Å². The maximum Gasteiger partial charge on any atom is 0.346 e. The molecule has 0 saturated heterocycles. The molecule has 8 nitrogen and oxygen atoms in total. The summed E-state index contributed by atoms with van der Waals surface area (Å²) in [5, 5.41) is 22.5. The first-order valence-electron chi connectivity index (χ1n) is 28.1. The van der Waals surface area contributed by atoms with E-state index < -0.39 is 14.0 Å². The number of fused-ring (bicyclic) bond motifs is 4. The van der Waals surface area contributed by atoms with Crippen LogP contribution in [0.25, 0.3) is 36.0 Å². The quantitative estimate of drug-likeness (QED) is 0.0206. The highest BCUT2D eigenvalue weighted by atomic mass is 32.1. The van der Waals surface area contributed by atoms with E-state index in [2.05, 4.69) is 131 Å². The number of carboxylic acids is 1. The van der Waals surface area contributed by atoms with E-state index in [1.54, 1.807) is 28.7 Å². The minimum absolute atomic E-state index is 0.226. The lowest BCUT2D eigenvalue weighted by atomic mass is 10.0. The minimum atomic E-state index is -2.28. The summed E-state index contributed by atoms with van der Waals surface area (Å²) in [6, 6.07) is 34.8. The van der Waals surface area contributed by atoms with Crippen molar-refractivity contribution >= 4 is 81.6 Å². The van der Waals surface area contributed by atoms with Crippen molar-refractivity contribution in [2.75, 3.05) is 31.3 Å². The lowest BCUT2D eigenvalue weighted by Gasteiger charge is -2.29. The summed E-state index contributed by atoms with van der Waals surface area (Å²) < 4.78 is 25.8. The summed E-state index contributed by atoms with van der Waals surface area (Å²) in [4.78, 5) is 21.1. The fourth-order valence-electron chi connectivity index (χ4n) is 10.7. The molecule has 0 radical (unpaired) electrons. The molecule has 2 atom stereocenters. The molecule has 0 aliphatic carbocycles. The van der Waals surface area contributed by atoms with Gasteiger partial charge in [-0.1, -0.05) is 137 Å². The molecule has 398 valence electrons. The number of carboxylic acid groups (broad SMARTS) is 1. The second-order valence-corrected chi connectivity index (χ2v) is 28.1. The van der Waals surface area contributed by atoms with Gasteiger partial charge in [0.1, 0.15) is 44.4 Å². The van der Waals surface area contributed by atoms with Gasteiger partial charge < -0.3 is 29.0 Å². The highest BCUT2D eigenvalue weighted by Gasteiger charge is 2.48. The van der Waals surface area contributed by atoms with Crippen LogP contribution in [0.3, 0.4) is 0 Å². The van der Waals surface area contributed by atoms with Crippen molar-refractivity contribution in [3.63, 3.8) is 0 Å². The maximum absolute atomic E-state index is 12.0. The molecule has 0 amide bonds. The topological polar surface area (TPSA) is 101 Å². The third-order valence-electron chi connectivity index (χ3n) is 15.1. The predicted octanol–water partition coefficient (Wildman–Crippen LogP) is 17.9. The minimum Gasteiger partial charge on any atom is -0.493 e. The average Bonchev–Trinajstić information content (AvgIpc) is 4.25. The Morgan fingerprint density at radius 1 is 0.667 bits per heavy atom. The van der Waals surface area contributed by atoms with Crippen LogP contribution in [0.2, 0.25) is 12.1 Å². The van der Waals surface area contributed by atoms with Gasteiger partial charge in [-0.2, -0.15) is 5.26 Å². The van der Waals surface area contributed by atoms with Crippen molar-refractivity contribution in [2.24, 2.45) is 11.8 Å². The second-order valence-electron chi connectivity index (χ2n) is 20.7. The van der Waals surface area contributed by atoms with E-state index in [9.17, 15) is 15.2 Å². The molecule has 12 heteroatoms. The Kier molecular flexibility index (Phi) is 20.2. The molecule has 1 N–H and O–H groups in total. The number of unbranched alkanes of at least 4 members (excludes halogenated alkanes) is 8. The van der Waals surface area contributed by atoms with Crippen LogP contribution in [0.1, 0.15) is 143 Å². The van der Waals surface area contributed by atoms with Gasteiger partial charge in [-0.25, -0.2) is 4.79 Å². The lowest BCUT2D eigenvalue weighted by molar-refractivity contribution is -0.132.